The molecule has 2 aliphatic heterocycles. The van der Waals surface area contributed by atoms with Crippen molar-refractivity contribution in [1.29, 1.82) is 0 Å². The van der Waals surface area contributed by atoms with Crippen molar-refractivity contribution < 1.29 is 4.42 Å². The molecule has 0 saturated carbocycles. The number of anilines is 1. The molecule has 0 aliphatic carbocycles. The summed E-state index contributed by atoms with van der Waals surface area (Å²) in [5.74, 6) is 0. The van der Waals surface area contributed by atoms with E-state index in [9.17, 15) is 4.79 Å². The number of aryl methyl sites for hydroxylation is 1. The summed E-state index contributed by atoms with van der Waals surface area (Å²) in [6, 6.07) is 4.24. The molecule has 1 aromatic carbocycles. The van der Waals surface area contributed by atoms with Crippen LogP contribution in [0.5, 0.6) is 0 Å². The van der Waals surface area contributed by atoms with Crippen LogP contribution in [0.4, 0.5) is 5.69 Å². The smallest absolute Gasteiger partial charge is 0.339 e. The van der Waals surface area contributed by atoms with Crippen molar-refractivity contribution in [2.45, 2.75) is 52.9 Å². The maximum atomic E-state index is 12.1. The van der Waals surface area contributed by atoms with E-state index in [0.717, 1.165) is 36.9 Å². The van der Waals surface area contributed by atoms with Crippen LogP contribution in [-0.2, 0) is 11.8 Å². The predicted molar refractivity (Wildman–Crippen MR) is 94.6 cm³/mol. The van der Waals surface area contributed by atoms with E-state index in [1.54, 1.807) is 0 Å². The Bertz CT molecular complexity index is 873. The maximum Gasteiger partial charge on any atom is 0.339 e. The highest BCUT2D eigenvalue weighted by Crippen LogP contribution is 2.49. The fourth-order valence-electron chi connectivity index (χ4n) is 4.44. The fourth-order valence-corrected chi connectivity index (χ4v) is 4.44. The Morgan fingerprint density at radius 3 is 2.65 bits per heavy atom. The zero-order valence-corrected chi connectivity index (χ0v) is 14.7. The van der Waals surface area contributed by atoms with E-state index < -0.39 is 0 Å². The standard InChI is InChI=1S/C20H25NO2/c1-12-8-13-9-14-10-19(2,3)11-21-7-6-20(4,5)15(16(14)21)17(13)23-18(12)22/h8-9H,6-7,10-11H2,1-5H3. The Morgan fingerprint density at radius 1 is 1.17 bits per heavy atom. The van der Waals surface area contributed by atoms with Gasteiger partial charge in [-0.15, -0.1) is 0 Å². The van der Waals surface area contributed by atoms with Gasteiger partial charge in [0.2, 0.25) is 0 Å². The zero-order valence-electron chi connectivity index (χ0n) is 14.7. The number of fused-ring (bicyclic) bond motifs is 2. The summed E-state index contributed by atoms with van der Waals surface area (Å²) in [6.45, 7) is 13.2. The van der Waals surface area contributed by atoms with Gasteiger partial charge >= 0.3 is 5.63 Å². The molecule has 0 unspecified atom stereocenters. The maximum absolute atomic E-state index is 12.1. The van der Waals surface area contributed by atoms with Gasteiger partial charge in [0, 0.05) is 35.3 Å². The molecule has 0 N–H and O–H groups in total. The highest BCUT2D eigenvalue weighted by Gasteiger charge is 2.41. The molecule has 3 heterocycles. The largest absolute Gasteiger partial charge is 0.422 e. The van der Waals surface area contributed by atoms with Crippen molar-refractivity contribution in [3.8, 4) is 0 Å². The van der Waals surface area contributed by atoms with E-state index in [2.05, 4.69) is 38.7 Å². The molecule has 2 aromatic rings. The van der Waals surface area contributed by atoms with Crippen LogP contribution in [0.1, 0.15) is 50.8 Å². The highest BCUT2D eigenvalue weighted by atomic mass is 16.4. The van der Waals surface area contributed by atoms with Crippen LogP contribution in [0, 0.1) is 12.3 Å². The first-order valence-corrected chi connectivity index (χ1v) is 8.54. The van der Waals surface area contributed by atoms with Crippen LogP contribution < -0.4 is 10.5 Å². The number of nitrogens with zero attached hydrogens (tertiary/aromatic N) is 1. The fraction of sp³-hybridized carbons (Fsp3) is 0.550. The van der Waals surface area contributed by atoms with Gasteiger partial charge in [-0.1, -0.05) is 27.7 Å². The van der Waals surface area contributed by atoms with Gasteiger partial charge in [-0.25, -0.2) is 4.79 Å². The first-order valence-electron chi connectivity index (χ1n) is 8.54. The monoisotopic (exact) mass is 311 g/mol. The Labute approximate surface area is 137 Å². The van der Waals surface area contributed by atoms with Crippen molar-refractivity contribution in [3.05, 3.63) is 39.2 Å². The minimum absolute atomic E-state index is 0.0345. The number of benzene rings is 1. The van der Waals surface area contributed by atoms with Gasteiger partial charge in [-0.05, 0) is 48.3 Å². The number of hydrogen-bond acceptors (Lipinski definition) is 3. The Balaban J connectivity index is 2.14. The molecule has 3 nitrogen and oxygen atoms in total. The normalized spacial score (nSPS) is 21.3. The predicted octanol–water partition coefficient (Wildman–Crippen LogP) is 4.17. The molecule has 0 radical (unpaired) electrons. The summed E-state index contributed by atoms with van der Waals surface area (Å²) in [5.41, 5.74) is 5.57. The molecule has 122 valence electrons. The lowest BCUT2D eigenvalue weighted by Crippen LogP contribution is -2.46. The molecule has 0 saturated heterocycles. The number of rotatable bonds is 0. The molecule has 23 heavy (non-hydrogen) atoms. The molecule has 0 spiro atoms. The molecule has 3 heteroatoms. The third-order valence-corrected chi connectivity index (χ3v) is 5.54. The van der Waals surface area contributed by atoms with Gasteiger partial charge in [0.25, 0.3) is 0 Å². The highest BCUT2D eigenvalue weighted by molar-refractivity contribution is 5.90. The van der Waals surface area contributed by atoms with E-state index in [1.807, 2.05) is 13.0 Å². The third-order valence-electron chi connectivity index (χ3n) is 5.54. The molecule has 0 bridgehead atoms. The SMILES string of the molecule is Cc1cc2cc3c4c(c2oc1=O)C(C)(C)CCN4CC(C)(C)C3. The van der Waals surface area contributed by atoms with Gasteiger partial charge in [0.05, 0.1) is 0 Å². The summed E-state index contributed by atoms with van der Waals surface area (Å²) in [7, 11) is 0. The molecule has 1 aromatic heterocycles. The van der Waals surface area contributed by atoms with Gasteiger partial charge in [0.15, 0.2) is 0 Å². The van der Waals surface area contributed by atoms with Crippen LogP contribution in [0.3, 0.4) is 0 Å². The molecule has 2 aliphatic rings. The molecule has 0 fully saturated rings. The van der Waals surface area contributed by atoms with Crippen LogP contribution in [0.15, 0.2) is 21.3 Å². The lowest BCUT2D eigenvalue weighted by molar-refractivity contribution is 0.327. The Morgan fingerprint density at radius 2 is 1.91 bits per heavy atom. The van der Waals surface area contributed by atoms with Crippen molar-refractivity contribution in [2.75, 3.05) is 18.0 Å². The lowest BCUT2D eigenvalue weighted by atomic mass is 9.71. The first kappa shape index (κ1) is 14.8. The molecule has 4 rings (SSSR count). The van der Waals surface area contributed by atoms with E-state index in [1.165, 1.54) is 16.8 Å². The van der Waals surface area contributed by atoms with E-state index in [-0.39, 0.29) is 16.5 Å². The average molecular weight is 311 g/mol. The molecular weight excluding hydrogens is 286 g/mol. The van der Waals surface area contributed by atoms with Crippen LogP contribution in [-0.4, -0.2) is 13.1 Å². The number of hydrogen-bond donors (Lipinski definition) is 0. The van der Waals surface area contributed by atoms with Gasteiger partial charge in [-0.2, -0.15) is 0 Å². The molecule has 0 atom stereocenters. The average Bonchev–Trinajstić information content (AvgIpc) is 2.42. The van der Waals surface area contributed by atoms with E-state index in [0.29, 0.717) is 5.56 Å². The lowest BCUT2D eigenvalue weighted by Gasteiger charge is -2.48. The zero-order chi connectivity index (χ0) is 16.6. The quantitative estimate of drug-likeness (QED) is 0.685. The second kappa shape index (κ2) is 4.40. The van der Waals surface area contributed by atoms with Crippen molar-refractivity contribution in [3.63, 3.8) is 0 Å². The summed E-state index contributed by atoms with van der Waals surface area (Å²) >= 11 is 0. The van der Waals surface area contributed by atoms with Crippen molar-refractivity contribution in [1.82, 2.24) is 0 Å². The summed E-state index contributed by atoms with van der Waals surface area (Å²) in [5, 5.41) is 1.07. The van der Waals surface area contributed by atoms with E-state index >= 15 is 0 Å². The summed E-state index contributed by atoms with van der Waals surface area (Å²) < 4.78 is 5.77. The summed E-state index contributed by atoms with van der Waals surface area (Å²) in [6.07, 6.45) is 2.17. The van der Waals surface area contributed by atoms with Crippen LogP contribution in [0.2, 0.25) is 0 Å². The first-order chi connectivity index (χ1) is 10.7. The second-order valence-corrected chi connectivity index (χ2v) is 8.79. The Kier molecular flexibility index (Phi) is 2.83. The Hall–Kier alpha value is -1.77. The van der Waals surface area contributed by atoms with Crippen molar-refractivity contribution in [2.24, 2.45) is 5.41 Å². The minimum atomic E-state index is -0.210. The van der Waals surface area contributed by atoms with Crippen LogP contribution in [0.25, 0.3) is 11.0 Å². The van der Waals surface area contributed by atoms with Crippen LogP contribution >= 0.6 is 0 Å². The minimum Gasteiger partial charge on any atom is -0.422 e. The second-order valence-electron chi connectivity index (χ2n) is 8.79. The third kappa shape index (κ3) is 2.13. The molecule has 0 amide bonds. The van der Waals surface area contributed by atoms with Gasteiger partial charge < -0.3 is 9.32 Å². The van der Waals surface area contributed by atoms with Gasteiger partial charge in [0.1, 0.15) is 5.58 Å². The van der Waals surface area contributed by atoms with Crippen molar-refractivity contribution >= 4 is 16.7 Å². The topological polar surface area (TPSA) is 33.5 Å². The summed E-state index contributed by atoms with van der Waals surface area (Å²) in [4.78, 5) is 14.6. The van der Waals surface area contributed by atoms with Gasteiger partial charge in [-0.3, -0.25) is 0 Å². The molecular formula is C20H25NO2. The van der Waals surface area contributed by atoms with E-state index in [4.69, 9.17) is 4.42 Å².